The third-order valence-corrected chi connectivity index (χ3v) is 2.07. The standard InChI is InChI=1S/C11H12N4O/c1-8-5-9(2)13-10(6-8)14-11(16)15-4-3-12-7-15/h3-7H,1-2H3,(H,13,14,16). The summed E-state index contributed by atoms with van der Waals surface area (Å²) in [5, 5.41) is 2.70. The molecule has 0 aliphatic rings. The van der Waals surface area contributed by atoms with Gasteiger partial charge in [0.05, 0.1) is 0 Å². The fraction of sp³-hybridized carbons (Fsp3) is 0.182. The molecule has 0 aliphatic heterocycles. The quantitative estimate of drug-likeness (QED) is 0.792. The molecule has 1 amide bonds. The summed E-state index contributed by atoms with van der Waals surface area (Å²) in [4.78, 5) is 19.7. The number of nitrogens with zero attached hydrogens (tertiary/aromatic N) is 3. The lowest BCUT2D eigenvalue weighted by molar-refractivity contribution is 0.253. The van der Waals surface area contributed by atoms with Crippen LogP contribution in [0.1, 0.15) is 11.3 Å². The van der Waals surface area contributed by atoms with Crippen molar-refractivity contribution in [3.05, 3.63) is 42.1 Å². The highest BCUT2D eigenvalue weighted by Crippen LogP contribution is 2.09. The maximum atomic E-state index is 11.7. The van der Waals surface area contributed by atoms with Crippen molar-refractivity contribution in [2.24, 2.45) is 0 Å². The zero-order valence-corrected chi connectivity index (χ0v) is 9.14. The van der Waals surface area contributed by atoms with Gasteiger partial charge in [-0.25, -0.2) is 14.8 Å². The molecule has 2 heterocycles. The number of imidazole rings is 1. The highest BCUT2D eigenvalue weighted by Gasteiger charge is 2.05. The second-order valence-corrected chi connectivity index (χ2v) is 3.57. The Bertz CT molecular complexity index is 484. The van der Waals surface area contributed by atoms with Crippen molar-refractivity contribution in [3.8, 4) is 0 Å². The van der Waals surface area contributed by atoms with E-state index in [2.05, 4.69) is 15.3 Å². The molecule has 5 heteroatoms. The molecule has 1 N–H and O–H groups in total. The molecule has 2 aromatic heterocycles. The van der Waals surface area contributed by atoms with Crippen molar-refractivity contribution in [2.75, 3.05) is 5.32 Å². The minimum atomic E-state index is -0.269. The van der Waals surface area contributed by atoms with Crippen LogP contribution in [-0.4, -0.2) is 20.6 Å². The number of hydrogen-bond acceptors (Lipinski definition) is 3. The monoisotopic (exact) mass is 216 g/mol. The van der Waals surface area contributed by atoms with Crippen molar-refractivity contribution in [2.45, 2.75) is 13.8 Å². The molecule has 0 bridgehead atoms. The van der Waals surface area contributed by atoms with E-state index in [1.165, 1.54) is 10.9 Å². The summed E-state index contributed by atoms with van der Waals surface area (Å²) >= 11 is 0. The highest BCUT2D eigenvalue weighted by atomic mass is 16.2. The van der Waals surface area contributed by atoms with E-state index < -0.39 is 0 Å². The predicted octanol–water partition coefficient (Wildman–Crippen LogP) is 1.98. The van der Waals surface area contributed by atoms with Crippen LogP contribution < -0.4 is 5.32 Å². The molecule has 0 saturated heterocycles. The first-order valence-electron chi connectivity index (χ1n) is 4.90. The van der Waals surface area contributed by atoms with E-state index in [1.807, 2.05) is 26.0 Å². The number of carbonyl (C=O) groups excluding carboxylic acids is 1. The summed E-state index contributed by atoms with van der Waals surface area (Å²) in [5.41, 5.74) is 1.94. The molecule has 2 aromatic rings. The molecule has 0 saturated carbocycles. The summed E-state index contributed by atoms with van der Waals surface area (Å²) in [5.74, 6) is 0.552. The van der Waals surface area contributed by atoms with Crippen LogP contribution in [0, 0.1) is 13.8 Å². The topological polar surface area (TPSA) is 59.8 Å². The summed E-state index contributed by atoms with van der Waals surface area (Å²) in [6.45, 7) is 3.85. The molecule has 2 rings (SSSR count). The van der Waals surface area contributed by atoms with Crippen LogP contribution in [0.15, 0.2) is 30.9 Å². The van der Waals surface area contributed by atoms with Crippen LogP contribution in [0.2, 0.25) is 0 Å². The first-order valence-corrected chi connectivity index (χ1v) is 4.90. The van der Waals surface area contributed by atoms with Crippen LogP contribution in [0.25, 0.3) is 0 Å². The van der Waals surface area contributed by atoms with Crippen LogP contribution >= 0.6 is 0 Å². The first kappa shape index (κ1) is 10.4. The molecule has 5 nitrogen and oxygen atoms in total. The number of hydrogen-bond donors (Lipinski definition) is 1. The Morgan fingerprint density at radius 3 is 2.81 bits per heavy atom. The van der Waals surface area contributed by atoms with Crippen molar-refractivity contribution in [3.63, 3.8) is 0 Å². The van der Waals surface area contributed by atoms with Gasteiger partial charge >= 0.3 is 6.03 Å². The molecule has 0 aromatic carbocycles. The minimum Gasteiger partial charge on any atom is -0.292 e. The Hall–Kier alpha value is -2.17. The van der Waals surface area contributed by atoms with E-state index >= 15 is 0 Å². The molecule has 0 unspecified atom stereocenters. The maximum absolute atomic E-state index is 11.7. The molecule has 0 atom stereocenters. The van der Waals surface area contributed by atoms with Crippen molar-refractivity contribution < 1.29 is 4.79 Å². The van der Waals surface area contributed by atoms with Gasteiger partial charge in [0.15, 0.2) is 0 Å². The molecule has 0 spiro atoms. The number of pyridine rings is 1. The number of rotatable bonds is 1. The van der Waals surface area contributed by atoms with E-state index in [9.17, 15) is 4.79 Å². The SMILES string of the molecule is Cc1cc(C)nc(NC(=O)n2ccnc2)c1. The van der Waals surface area contributed by atoms with Crippen molar-refractivity contribution in [1.29, 1.82) is 0 Å². The van der Waals surface area contributed by atoms with Crippen LogP contribution in [0.5, 0.6) is 0 Å². The average Bonchev–Trinajstić information content (AvgIpc) is 2.68. The third-order valence-electron chi connectivity index (χ3n) is 2.07. The molecular formula is C11H12N4O. The smallest absolute Gasteiger partial charge is 0.292 e. The van der Waals surface area contributed by atoms with E-state index in [0.29, 0.717) is 5.82 Å². The lowest BCUT2D eigenvalue weighted by Gasteiger charge is -2.06. The second-order valence-electron chi connectivity index (χ2n) is 3.57. The predicted molar refractivity (Wildman–Crippen MR) is 60.4 cm³/mol. The third kappa shape index (κ3) is 2.25. The Morgan fingerprint density at radius 1 is 1.38 bits per heavy atom. The van der Waals surface area contributed by atoms with Gasteiger partial charge in [0.2, 0.25) is 0 Å². The van der Waals surface area contributed by atoms with Crippen molar-refractivity contribution in [1.82, 2.24) is 14.5 Å². The van der Waals surface area contributed by atoms with E-state index in [4.69, 9.17) is 0 Å². The lowest BCUT2D eigenvalue weighted by Crippen LogP contribution is -2.18. The molecular weight excluding hydrogens is 204 g/mol. The number of aromatic nitrogens is 3. The lowest BCUT2D eigenvalue weighted by atomic mass is 10.2. The fourth-order valence-electron chi connectivity index (χ4n) is 1.46. The second kappa shape index (κ2) is 4.14. The van der Waals surface area contributed by atoms with Gasteiger partial charge in [-0.3, -0.25) is 9.88 Å². The van der Waals surface area contributed by atoms with Gasteiger partial charge in [-0.1, -0.05) is 0 Å². The Morgan fingerprint density at radius 2 is 2.19 bits per heavy atom. The molecule has 82 valence electrons. The van der Waals surface area contributed by atoms with Gasteiger partial charge in [-0.05, 0) is 31.5 Å². The number of aryl methyl sites for hydroxylation is 2. The van der Waals surface area contributed by atoms with Crippen molar-refractivity contribution >= 4 is 11.8 Å². The van der Waals surface area contributed by atoms with Gasteiger partial charge in [0.1, 0.15) is 12.1 Å². The molecule has 16 heavy (non-hydrogen) atoms. The molecule has 0 aliphatic carbocycles. The highest BCUT2D eigenvalue weighted by molar-refractivity contribution is 5.89. The average molecular weight is 216 g/mol. The Labute approximate surface area is 93.2 Å². The van der Waals surface area contributed by atoms with Gasteiger partial charge in [0.25, 0.3) is 0 Å². The molecule has 0 radical (unpaired) electrons. The number of amides is 1. The minimum absolute atomic E-state index is 0.269. The maximum Gasteiger partial charge on any atom is 0.332 e. The number of carbonyl (C=O) groups is 1. The van der Waals surface area contributed by atoms with Crippen LogP contribution in [0.4, 0.5) is 10.6 Å². The number of nitrogens with one attached hydrogen (secondary N) is 1. The first-order chi connectivity index (χ1) is 7.65. The summed E-state index contributed by atoms with van der Waals surface area (Å²) in [6, 6.07) is 3.50. The summed E-state index contributed by atoms with van der Waals surface area (Å²) in [6.07, 6.45) is 4.57. The van der Waals surface area contributed by atoms with E-state index in [1.54, 1.807) is 12.4 Å². The summed E-state index contributed by atoms with van der Waals surface area (Å²) in [7, 11) is 0. The largest absolute Gasteiger partial charge is 0.332 e. The zero-order chi connectivity index (χ0) is 11.5. The van der Waals surface area contributed by atoms with E-state index in [0.717, 1.165) is 11.3 Å². The normalized spacial score (nSPS) is 10.1. The Kier molecular flexibility index (Phi) is 2.68. The van der Waals surface area contributed by atoms with E-state index in [-0.39, 0.29) is 6.03 Å². The number of anilines is 1. The van der Waals surface area contributed by atoms with Gasteiger partial charge in [-0.2, -0.15) is 0 Å². The zero-order valence-electron chi connectivity index (χ0n) is 9.14. The fourth-order valence-corrected chi connectivity index (χ4v) is 1.46. The van der Waals surface area contributed by atoms with Crippen LogP contribution in [-0.2, 0) is 0 Å². The van der Waals surface area contributed by atoms with Crippen LogP contribution in [0.3, 0.4) is 0 Å². The Balaban J connectivity index is 2.18. The molecule has 0 fully saturated rings. The van der Waals surface area contributed by atoms with Gasteiger partial charge in [0, 0.05) is 18.1 Å². The summed E-state index contributed by atoms with van der Waals surface area (Å²) < 4.78 is 1.36. The van der Waals surface area contributed by atoms with Gasteiger partial charge < -0.3 is 0 Å². The van der Waals surface area contributed by atoms with Gasteiger partial charge in [-0.15, -0.1) is 0 Å².